The van der Waals surface area contributed by atoms with E-state index in [1.807, 2.05) is 0 Å². The Morgan fingerprint density at radius 1 is 1.44 bits per heavy atom. The monoisotopic (exact) mass is 264 g/mol. The molecule has 1 aliphatic heterocycles. The van der Waals surface area contributed by atoms with Crippen LogP contribution in [0.1, 0.15) is 44.8 Å². The van der Waals surface area contributed by atoms with Crippen molar-refractivity contribution in [3.63, 3.8) is 0 Å². The second-order valence-corrected chi connectivity index (χ2v) is 6.08. The van der Waals surface area contributed by atoms with Gasteiger partial charge in [0.1, 0.15) is 6.17 Å². The third-order valence-electron chi connectivity index (χ3n) is 4.22. The molecule has 1 aliphatic carbocycles. The zero-order chi connectivity index (χ0) is 12.7. The van der Waals surface area contributed by atoms with Crippen molar-refractivity contribution in [2.75, 3.05) is 0 Å². The predicted octanol–water partition coefficient (Wildman–Crippen LogP) is 2.76. The summed E-state index contributed by atoms with van der Waals surface area (Å²) in [7, 11) is 0. The average molecular weight is 264 g/mol. The predicted molar refractivity (Wildman–Crippen MR) is 73.3 cm³/mol. The zero-order valence-corrected chi connectivity index (χ0v) is 11.7. The highest BCUT2D eigenvalue weighted by molar-refractivity contribution is 7.07. The molecule has 4 unspecified atom stereocenters. The van der Waals surface area contributed by atoms with Gasteiger partial charge in [0.25, 0.3) is 0 Å². The van der Waals surface area contributed by atoms with Crippen molar-refractivity contribution in [2.45, 2.75) is 51.4 Å². The molecule has 0 radical (unpaired) electrons. The van der Waals surface area contributed by atoms with E-state index >= 15 is 0 Å². The summed E-state index contributed by atoms with van der Waals surface area (Å²) < 4.78 is 0. The van der Waals surface area contributed by atoms with Gasteiger partial charge in [-0.15, -0.1) is 0 Å². The SMILES string of the molecule is CCC1NC(c2ccsc2)N(C2CC2CC)C1=O. The van der Waals surface area contributed by atoms with Crippen molar-refractivity contribution in [2.24, 2.45) is 5.92 Å². The van der Waals surface area contributed by atoms with Crippen molar-refractivity contribution in [1.82, 2.24) is 10.2 Å². The van der Waals surface area contributed by atoms with E-state index in [9.17, 15) is 4.79 Å². The lowest BCUT2D eigenvalue weighted by Crippen LogP contribution is -2.33. The highest BCUT2D eigenvalue weighted by Gasteiger charge is 2.50. The summed E-state index contributed by atoms with van der Waals surface area (Å²) in [6.07, 6.45) is 3.34. The lowest BCUT2D eigenvalue weighted by molar-refractivity contribution is -0.130. The fourth-order valence-corrected chi connectivity index (χ4v) is 3.67. The molecule has 2 fully saturated rings. The topological polar surface area (TPSA) is 32.3 Å². The molecule has 0 aromatic carbocycles. The maximum absolute atomic E-state index is 12.5. The van der Waals surface area contributed by atoms with E-state index < -0.39 is 0 Å². The standard InChI is InChI=1S/C14H20N2OS/c1-3-9-7-12(9)16-13(10-5-6-18-8-10)15-11(4-2)14(16)17/h5-6,8-9,11-13,15H,3-4,7H2,1-2H3. The number of hydrogen-bond donors (Lipinski definition) is 1. The van der Waals surface area contributed by atoms with Crippen LogP contribution < -0.4 is 5.32 Å². The minimum absolute atomic E-state index is 0.00741. The van der Waals surface area contributed by atoms with Crippen molar-refractivity contribution in [3.05, 3.63) is 22.4 Å². The highest BCUT2D eigenvalue weighted by Crippen LogP contribution is 2.44. The molecule has 3 rings (SSSR count). The molecule has 2 heterocycles. The van der Waals surface area contributed by atoms with Crippen molar-refractivity contribution >= 4 is 17.2 Å². The van der Waals surface area contributed by atoms with Crippen LogP contribution in [0.3, 0.4) is 0 Å². The minimum atomic E-state index is 0.00741. The van der Waals surface area contributed by atoms with Gasteiger partial charge >= 0.3 is 0 Å². The Bertz CT molecular complexity index is 431. The van der Waals surface area contributed by atoms with E-state index in [0.717, 1.165) is 6.42 Å². The fraction of sp³-hybridized carbons (Fsp3) is 0.643. The number of carbonyl (C=O) groups is 1. The van der Waals surface area contributed by atoms with E-state index in [4.69, 9.17) is 0 Å². The minimum Gasteiger partial charge on any atom is -0.318 e. The maximum atomic E-state index is 12.5. The second kappa shape index (κ2) is 4.67. The molecular weight excluding hydrogens is 244 g/mol. The van der Waals surface area contributed by atoms with Gasteiger partial charge in [0.15, 0.2) is 0 Å². The lowest BCUT2D eigenvalue weighted by Gasteiger charge is -2.24. The molecule has 18 heavy (non-hydrogen) atoms. The molecule has 1 N–H and O–H groups in total. The number of nitrogens with one attached hydrogen (secondary N) is 1. The molecule has 1 amide bonds. The molecule has 98 valence electrons. The third-order valence-corrected chi connectivity index (χ3v) is 4.93. The Hall–Kier alpha value is -0.870. The van der Waals surface area contributed by atoms with Crippen LogP contribution in [0.15, 0.2) is 16.8 Å². The van der Waals surface area contributed by atoms with Gasteiger partial charge < -0.3 is 4.90 Å². The van der Waals surface area contributed by atoms with Gasteiger partial charge in [0, 0.05) is 6.04 Å². The highest BCUT2D eigenvalue weighted by atomic mass is 32.1. The molecule has 2 aliphatic rings. The van der Waals surface area contributed by atoms with Gasteiger partial charge in [-0.05, 0) is 41.1 Å². The number of thiophene rings is 1. The van der Waals surface area contributed by atoms with E-state index in [-0.39, 0.29) is 12.2 Å². The van der Waals surface area contributed by atoms with E-state index in [2.05, 4.69) is 40.9 Å². The largest absolute Gasteiger partial charge is 0.318 e. The fourth-order valence-electron chi connectivity index (χ4n) is 3.00. The summed E-state index contributed by atoms with van der Waals surface area (Å²) in [4.78, 5) is 14.6. The lowest BCUT2D eigenvalue weighted by atomic mass is 10.2. The van der Waals surface area contributed by atoms with Gasteiger partial charge in [0.2, 0.25) is 5.91 Å². The quantitative estimate of drug-likeness (QED) is 0.907. The van der Waals surface area contributed by atoms with Crippen molar-refractivity contribution < 1.29 is 4.79 Å². The van der Waals surface area contributed by atoms with Crippen LogP contribution >= 0.6 is 11.3 Å². The molecule has 4 atom stereocenters. The number of rotatable bonds is 4. The van der Waals surface area contributed by atoms with Crippen LogP contribution in [0.5, 0.6) is 0 Å². The van der Waals surface area contributed by atoms with Gasteiger partial charge in [-0.2, -0.15) is 11.3 Å². The first-order valence-corrected chi connectivity index (χ1v) is 7.80. The van der Waals surface area contributed by atoms with E-state index in [1.165, 1.54) is 18.4 Å². The number of carbonyl (C=O) groups excluding carboxylic acids is 1. The summed E-state index contributed by atoms with van der Waals surface area (Å²) in [5, 5.41) is 7.73. The van der Waals surface area contributed by atoms with Crippen LogP contribution in [0.2, 0.25) is 0 Å². The number of nitrogens with zero attached hydrogens (tertiary/aromatic N) is 1. The maximum Gasteiger partial charge on any atom is 0.241 e. The normalized spacial score (nSPS) is 35.2. The molecule has 1 saturated heterocycles. The van der Waals surface area contributed by atoms with Crippen LogP contribution in [0.4, 0.5) is 0 Å². The molecule has 1 saturated carbocycles. The van der Waals surface area contributed by atoms with Crippen LogP contribution in [-0.2, 0) is 4.79 Å². The van der Waals surface area contributed by atoms with Gasteiger partial charge in [-0.1, -0.05) is 20.3 Å². The average Bonchev–Trinajstić information content (AvgIpc) is 2.82. The van der Waals surface area contributed by atoms with Gasteiger partial charge in [0.05, 0.1) is 6.04 Å². The molecular formula is C14H20N2OS. The summed E-state index contributed by atoms with van der Waals surface area (Å²) in [6, 6.07) is 2.61. The van der Waals surface area contributed by atoms with E-state index in [1.54, 1.807) is 11.3 Å². The van der Waals surface area contributed by atoms with Gasteiger partial charge in [-0.3, -0.25) is 10.1 Å². The number of amides is 1. The Morgan fingerprint density at radius 3 is 2.83 bits per heavy atom. The Balaban J connectivity index is 1.85. The van der Waals surface area contributed by atoms with Crippen molar-refractivity contribution in [3.8, 4) is 0 Å². The summed E-state index contributed by atoms with van der Waals surface area (Å²) in [6.45, 7) is 4.30. The molecule has 0 spiro atoms. The van der Waals surface area contributed by atoms with Crippen LogP contribution in [-0.4, -0.2) is 22.9 Å². The van der Waals surface area contributed by atoms with Gasteiger partial charge in [-0.25, -0.2) is 0 Å². The molecule has 4 heteroatoms. The molecule has 0 bridgehead atoms. The first-order valence-electron chi connectivity index (χ1n) is 6.86. The number of hydrogen-bond acceptors (Lipinski definition) is 3. The molecule has 3 nitrogen and oxygen atoms in total. The van der Waals surface area contributed by atoms with Crippen molar-refractivity contribution in [1.29, 1.82) is 0 Å². The Labute approximate surface area is 112 Å². The third kappa shape index (κ3) is 1.88. The molecule has 1 aromatic rings. The first kappa shape index (κ1) is 12.2. The smallest absolute Gasteiger partial charge is 0.241 e. The Morgan fingerprint density at radius 2 is 2.28 bits per heavy atom. The zero-order valence-electron chi connectivity index (χ0n) is 10.9. The van der Waals surface area contributed by atoms with E-state index in [0.29, 0.717) is 17.9 Å². The Kier molecular flexibility index (Phi) is 3.16. The second-order valence-electron chi connectivity index (χ2n) is 5.30. The first-order chi connectivity index (χ1) is 8.76. The summed E-state index contributed by atoms with van der Waals surface area (Å²) >= 11 is 1.70. The van der Waals surface area contributed by atoms with Crippen LogP contribution in [0.25, 0.3) is 0 Å². The summed E-state index contributed by atoms with van der Waals surface area (Å²) in [5.74, 6) is 1.02. The molecule has 1 aromatic heterocycles. The summed E-state index contributed by atoms with van der Waals surface area (Å²) in [5.41, 5.74) is 1.24. The van der Waals surface area contributed by atoms with Crippen LogP contribution in [0, 0.1) is 5.92 Å².